The number of carbonyl (C=O) groups excluding carboxylic acids is 2. The lowest BCUT2D eigenvalue weighted by Gasteiger charge is -2.12. The quantitative estimate of drug-likeness (QED) is 0.420. The van der Waals surface area contributed by atoms with Crippen LogP contribution in [0.15, 0.2) is 60.8 Å². The number of esters is 1. The predicted molar refractivity (Wildman–Crippen MR) is 121 cm³/mol. The number of carbonyl (C=O) groups is 2. The number of fused-ring (bicyclic) bond motifs is 1. The van der Waals surface area contributed by atoms with Crippen molar-refractivity contribution in [3.8, 4) is 11.4 Å². The van der Waals surface area contributed by atoms with E-state index in [1.54, 1.807) is 55.6 Å². The maximum atomic E-state index is 14.1. The number of hydrogen-bond donors (Lipinski definition) is 2. The summed E-state index contributed by atoms with van der Waals surface area (Å²) in [6.45, 7) is 2.16. The maximum Gasteiger partial charge on any atom is 0.310 e. The summed E-state index contributed by atoms with van der Waals surface area (Å²) in [5.74, 6) is -1.17. The first-order chi connectivity index (χ1) is 16.0. The van der Waals surface area contributed by atoms with Crippen molar-refractivity contribution in [1.82, 2.24) is 14.6 Å². The van der Waals surface area contributed by atoms with Gasteiger partial charge in [-0.3, -0.25) is 9.59 Å². The zero-order valence-electron chi connectivity index (χ0n) is 17.9. The van der Waals surface area contributed by atoms with Crippen molar-refractivity contribution in [1.29, 1.82) is 0 Å². The Morgan fingerprint density at radius 2 is 1.97 bits per heavy atom. The van der Waals surface area contributed by atoms with Crippen LogP contribution in [0.1, 0.15) is 28.5 Å². The topological polar surface area (TPSA) is 112 Å². The normalized spacial score (nSPS) is 10.9. The molecule has 2 aromatic carbocycles. The molecule has 0 atom stereocenters. The van der Waals surface area contributed by atoms with Crippen molar-refractivity contribution in [2.45, 2.75) is 19.9 Å². The monoisotopic (exact) mass is 447 g/mol. The van der Waals surface area contributed by atoms with E-state index in [1.807, 2.05) is 0 Å². The van der Waals surface area contributed by atoms with E-state index in [0.29, 0.717) is 27.9 Å². The number of aromatic nitrogens is 3. The number of benzene rings is 2. The Labute approximate surface area is 189 Å². The number of nitrogens with one attached hydrogen (secondary N) is 1. The number of hydrogen-bond acceptors (Lipinski definition) is 6. The Kier molecular flexibility index (Phi) is 6.41. The lowest BCUT2D eigenvalue weighted by molar-refractivity contribution is -0.142. The van der Waals surface area contributed by atoms with Crippen molar-refractivity contribution in [3.05, 3.63) is 83.4 Å². The highest BCUT2D eigenvalue weighted by atomic mass is 19.1. The molecule has 33 heavy (non-hydrogen) atoms. The highest BCUT2D eigenvalue weighted by Crippen LogP contribution is 2.22. The molecule has 8 nitrogen and oxygen atoms in total. The average Bonchev–Trinajstić information content (AvgIpc) is 3.28. The summed E-state index contributed by atoms with van der Waals surface area (Å²) < 4.78 is 20.6. The van der Waals surface area contributed by atoms with Gasteiger partial charge >= 0.3 is 5.97 Å². The molecule has 9 heteroatoms. The number of rotatable bonds is 7. The van der Waals surface area contributed by atoms with Gasteiger partial charge in [0, 0.05) is 24.0 Å². The molecule has 168 valence electrons. The van der Waals surface area contributed by atoms with Gasteiger partial charge in [-0.2, -0.15) is 0 Å². The lowest BCUT2D eigenvalue weighted by Crippen LogP contribution is -2.18. The van der Waals surface area contributed by atoms with Gasteiger partial charge in [-0.25, -0.2) is 13.9 Å². The van der Waals surface area contributed by atoms with Crippen LogP contribution < -0.4 is 11.1 Å². The minimum Gasteiger partial charge on any atom is -0.466 e. The third-order valence-electron chi connectivity index (χ3n) is 4.96. The zero-order chi connectivity index (χ0) is 23.4. The highest BCUT2D eigenvalue weighted by Gasteiger charge is 2.19. The van der Waals surface area contributed by atoms with E-state index in [2.05, 4.69) is 15.4 Å². The van der Waals surface area contributed by atoms with Gasteiger partial charge in [-0.05, 0) is 54.4 Å². The van der Waals surface area contributed by atoms with Crippen molar-refractivity contribution in [2.24, 2.45) is 5.73 Å². The van der Waals surface area contributed by atoms with Crippen LogP contribution in [0.25, 0.3) is 16.9 Å². The second-order valence-electron chi connectivity index (χ2n) is 7.27. The van der Waals surface area contributed by atoms with Crippen LogP contribution in [-0.2, 0) is 22.5 Å². The van der Waals surface area contributed by atoms with E-state index < -0.39 is 11.7 Å². The summed E-state index contributed by atoms with van der Waals surface area (Å²) in [5.41, 5.74) is 8.32. The second kappa shape index (κ2) is 9.58. The Hall–Kier alpha value is -4.11. The number of amides is 1. The third-order valence-corrected chi connectivity index (χ3v) is 4.96. The van der Waals surface area contributed by atoms with Crippen molar-refractivity contribution in [3.63, 3.8) is 0 Å². The Morgan fingerprint density at radius 3 is 2.76 bits per heavy atom. The Bertz CT molecular complexity index is 1330. The molecular weight excluding hydrogens is 425 g/mol. The molecule has 0 bridgehead atoms. The van der Waals surface area contributed by atoms with Gasteiger partial charge in [0.05, 0.1) is 18.5 Å². The molecule has 0 fully saturated rings. The fraction of sp³-hybridized carbons (Fsp3) is 0.167. The molecule has 0 aliphatic rings. The van der Waals surface area contributed by atoms with Crippen LogP contribution in [0.5, 0.6) is 0 Å². The first-order valence-electron chi connectivity index (χ1n) is 10.4. The molecule has 0 saturated heterocycles. The van der Waals surface area contributed by atoms with Gasteiger partial charge in [0.15, 0.2) is 11.5 Å². The molecule has 3 N–H and O–H groups in total. The van der Waals surface area contributed by atoms with Crippen molar-refractivity contribution >= 4 is 23.1 Å². The van der Waals surface area contributed by atoms with Gasteiger partial charge in [0.1, 0.15) is 5.82 Å². The Morgan fingerprint density at radius 1 is 1.15 bits per heavy atom. The number of halogens is 1. The summed E-state index contributed by atoms with van der Waals surface area (Å²) in [5, 5.41) is 7.23. The molecule has 1 amide bonds. The van der Waals surface area contributed by atoms with Crippen molar-refractivity contribution < 1.29 is 18.7 Å². The van der Waals surface area contributed by atoms with E-state index in [-0.39, 0.29) is 37.1 Å². The summed E-state index contributed by atoms with van der Waals surface area (Å²) in [6, 6.07) is 14.7. The Balaban J connectivity index is 1.71. The van der Waals surface area contributed by atoms with Crippen LogP contribution in [-0.4, -0.2) is 33.1 Å². The average molecular weight is 447 g/mol. The zero-order valence-corrected chi connectivity index (χ0v) is 17.9. The van der Waals surface area contributed by atoms with Crippen molar-refractivity contribution in [2.75, 3.05) is 11.9 Å². The lowest BCUT2D eigenvalue weighted by atomic mass is 10.1. The highest BCUT2D eigenvalue weighted by molar-refractivity contribution is 6.08. The van der Waals surface area contributed by atoms with Crippen LogP contribution in [0.3, 0.4) is 0 Å². The second-order valence-corrected chi connectivity index (χ2v) is 7.27. The van der Waals surface area contributed by atoms with Gasteiger partial charge in [0.25, 0.3) is 5.91 Å². The van der Waals surface area contributed by atoms with Crippen LogP contribution in [0.2, 0.25) is 0 Å². The number of ether oxygens (including phenoxy) is 1. The number of nitrogens with two attached hydrogens (primary N) is 1. The summed E-state index contributed by atoms with van der Waals surface area (Å²) in [6.07, 6.45) is 1.69. The molecule has 2 aromatic heterocycles. The predicted octanol–water partition coefficient (Wildman–Crippen LogP) is 3.35. The minimum atomic E-state index is -0.492. The summed E-state index contributed by atoms with van der Waals surface area (Å²) in [4.78, 5) is 29.6. The van der Waals surface area contributed by atoms with Gasteiger partial charge in [-0.1, -0.05) is 18.2 Å². The molecule has 4 aromatic rings. The molecule has 0 aliphatic carbocycles. The third kappa shape index (κ3) is 4.88. The van der Waals surface area contributed by atoms with E-state index in [9.17, 15) is 14.0 Å². The molecule has 0 unspecified atom stereocenters. The fourth-order valence-electron chi connectivity index (χ4n) is 3.47. The van der Waals surface area contributed by atoms with Crippen LogP contribution in [0.4, 0.5) is 10.1 Å². The standard InChI is InChI=1S/C24H22FN5O3/c1-2-33-21(31)13-16-6-3-4-7-19(16)27-24(32)22-20-8-5-9-30(20)29-23(28-22)17-10-15(14-26)11-18(25)12-17/h3-12H,2,13-14,26H2,1H3,(H,27,32). The van der Waals surface area contributed by atoms with Gasteiger partial charge in [0.2, 0.25) is 0 Å². The van der Waals surface area contributed by atoms with E-state index in [1.165, 1.54) is 16.6 Å². The number of anilines is 1. The first kappa shape index (κ1) is 22.1. The van der Waals surface area contributed by atoms with Crippen LogP contribution >= 0.6 is 0 Å². The number of nitrogens with zero attached hydrogens (tertiary/aromatic N) is 3. The maximum absolute atomic E-state index is 14.1. The number of para-hydroxylation sites is 1. The molecule has 0 saturated carbocycles. The molecular formula is C24H22FN5O3. The van der Waals surface area contributed by atoms with E-state index >= 15 is 0 Å². The van der Waals surface area contributed by atoms with Gasteiger partial charge in [-0.15, -0.1) is 5.10 Å². The van der Waals surface area contributed by atoms with Crippen LogP contribution in [0, 0.1) is 5.82 Å². The minimum absolute atomic E-state index is 0.0189. The van der Waals surface area contributed by atoms with E-state index in [0.717, 1.165) is 0 Å². The van der Waals surface area contributed by atoms with Gasteiger partial charge < -0.3 is 15.8 Å². The largest absolute Gasteiger partial charge is 0.466 e. The molecule has 4 rings (SSSR count). The molecule has 0 aliphatic heterocycles. The summed E-state index contributed by atoms with van der Waals surface area (Å²) in [7, 11) is 0. The smallest absolute Gasteiger partial charge is 0.310 e. The first-order valence-corrected chi connectivity index (χ1v) is 10.4. The fourth-order valence-corrected chi connectivity index (χ4v) is 3.47. The molecule has 2 heterocycles. The van der Waals surface area contributed by atoms with E-state index in [4.69, 9.17) is 10.5 Å². The SMILES string of the molecule is CCOC(=O)Cc1ccccc1NC(=O)c1nc(-c2cc(F)cc(CN)c2)nn2cccc12. The molecule has 0 spiro atoms. The summed E-state index contributed by atoms with van der Waals surface area (Å²) >= 11 is 0. The molecule has 0 radical (unpaired) electrons.